The molecule has 0 radical (unpaired) electrons. The fourth-order valence-electron chi connectivity index (χ4n) is 2.12. The molecular weight excluding hydrogens is 226 g/mol. The molecule has 0 aliphatic carbocycles. The normalized spacial score (nSPS) is 15.3. The molecule has 2 rings (SSSR count). The zero-order valence-electron chi connectivity index (χ0n) is 11.2. The van der Waals surface area contributed by atoms with E-state index in [1.807, 2.05) is 12.1 Å². The van der Waals surface area contributed by atoms with Gasteiger partial charge in [-0.3, -0.25) is 0 Å². The van der Waals surface area contributed by atoms with Gasteiger partial charge >= 0.3 is 0 Å². The monoisotopic (exact) mass is 245 g/mol. The molecule has 1 unspecified atom stereocenters. The second-order valence-corrected chi connectivity index (χ2v) is 5.11. The Balaban J connectivity index is 2.26. The highest BCUT2D eigenvalue weighted by molar-refractivity contribution is 5.48. The number of aryl methyl sites for hydroxylation is 1. The second-order valence-electron chi connectivity index (χ2n) is 5.11. The number of nitrogens with zero attached hydrogens (tertiary/aromatic N) is 1. The van der Waals surface area contributed by atoms with Gasteiger partial charge in [-0.05, 0) is 42.5 Å². The van der Waals surface area contributed by atoms with Gasteiger partial charge in [0.25, 0.3) is 0 Å². The highest BCUT2D eigenvalue weighted by Crippen LogP contribution is 2.34. The first-order valence-electron chi connectivity index (χ1n) is 6.40. The number of fused-ring (bicyclic) bond motifs is 1. The third-order valence-corrected chi connectivity index (χ3v) is 3.41. The van der Waals surface area contributed by atoms with Crippen LogP contribution in [0.25, 0.3) is 0 Å². The zero-order valence-corrected chi connectivity index (χ0v) is 11.2. The maximum Gasteiger partial charge on any atom is 0.161 e. The van der Waals surface area contributed by atoms with Crippen molar-refractivity contribution in [2.45, 2.75) is 27.2 Å². The molecule has 1 aliphatic heterocycles. The summed E-state index contributed by atoms with van der Waals surface area (Å²) in [7, 11) is 0. The van der Waals surface area contributed by atoms with E-state index in [9.17, 15) is 5.26 Å². The molecular formula is C15H19NO2. The predicted octanol–water partition coefficient (Wildman–Crippen LogP) is 3.10. The average molecular weight is 245 g/mol. The average Bonchev–Trinajstić information content (AvgIpc) is 2.35. The number of benzene rings is 1. The topological polar surface area (TPSA) is 42.2 Å². The van der Waals surface area contributed by atoms with E-state index in [4.69, 9.17) is 9.47 Å². The van der Waals surface area contributed by atoms with E-state index in [-0.39, 0.29) is 5.92 Å². The van der Waals surface area contributed by atoms with Gasteiger partial charge in [0.15, 0.2) is 11.5 Å². The van der Waals surface area contributed by atoms with Gasteiger partial charge in [0.05, 0.1) is 12.0 Å². The van der Waals surface area contributed by atoms with Crippen molar-refractivity contribution in [2.75, 3.05) is 13.2 Å². The Labute approximate surface area is 108 Å². The van der Waals surface area contributed by atoms with Crippen molar-refractivity contribution in [3.63, 3.8) is 0 Å². The molecule has 0 amide bonds. The lowest BCUT2D eigenvalue weighted by atomic mass is 9.89. The van der Waals surface area contributed by atoms with Crippen LogP contribution in [0.2, 0.25) is 0 Å². The molecule has 18 heavy (non-hydrogen) atoms. The van der Waals surface area contributed by atoms with E-state index >= 15 is 0 Å². The Morgan fingerprint density at radius 2 is 1.83 bits per heavy atom. The highest BCUT2D eigenvalue weighted by atomic mass is 16.6. The van der Waals surface area contributed by atoms with E-state index in [1.165, 1.54) is 11.1 Å². The van der Waals surface area contributed by atoms with Gasteiger partial charge in [0.2, 0.25) is 0 Å². The number of rotatable bonds is 3. The largest absolute Gasteiger partial charge is 0.486 e. The van der Waals surface area contributed by atoms with Gasteiger partial charge in [-0.2, -0.15) is 5.26 Å². The van der Waals surface area contributed by atoms with Crippen LogP contribution in [0, 0.1) is 30.1 Å². The van der Waals surface area contributed by atoms with E-state index in [0.29, 0.717) is 19.1 Å². The fourth-order valence-corrected chi connectivity index (χ4v) is 2.12. The number of hydrogen-bond acceptors (Lipinski definition) is 3. The van der Waals surface area contributed by atoms with Gasteiger partial charge in [-0.1, -0.05) is 13.8 Å². The highest BCUT2D eigenvalue weighted by Gasteiger charge is 2.18. The van der Waals surface area contributed by atoms with Crippen molar-refractivity contribution in [1.82, 2.24) is 0 Å². The van der Waals surface area contributed by atoms with Crippen LogP contribution in [0.15, 0.2) is 12.1 Å². The number of hydrogen-bond donors (Lipinski definition) is 0. The van der Waals surface area contributed by atoms with Gasteiger partial charge in [-0.15, -0.1) is 0 Å². The first kappa shape index (κ1) is 12.8. The van der Waals surface area contributed by atoms with Crippen molar-refractivity contribution in [3.8, 4) is 17.6 Å². The molecule has 1 aliphatic rings. The maximum atomic E-state index is 9.18. The number of ether oxygens (including phenoxy) is 2. The van der Waals surface area contributed by atoms with Crippen LogP contribution in [0.4, 0.5) is 0 Å². The van der Waals surface area contributed by atoms with Gasteiger partial charge in [-0.25, -0.2) is 0 Å². The summed E-state index contributed by atoms with van der Waals surface area (Å²) in [6.45, 7) is 7.44. The Morgan fingerprint density at radius 1 is 1.22 bits per heavy atom. The number of nitriles is 1. The molecule has 0 saturated carbocycles. The molecule has 96 valence electrons. The zero-order chi connectivity index (χ0) is 13.1. The van der Waals surface area contributed by atoms with Gasteiger partial charge < -0.3 is 9.47 Å². The Bertz CT molecular complexity index is 474. The van der Waals surface area contributed by atoms with E-state index < -0.39 is 0 Å². The van der Waals surface area contributed by atoms with Crippen molar-refractivity contribution in [3.05, 3.63) is 23.3 Å². The van der Waals surface area contributed by atoms with Crippen molar-refractivity contribution in [2.24, 2.45) is 11.8 Å². The van der Waals surface area contributed by atoms with Crippen molar-refractivity contribution in [1.29, 1.82) is 5.26 Å². The lowest BCUT2D eigenvalue weighted by Crippen LogP contribution is -2.16. The van der Waals surface area contributed by atoms with Crippen LogP contribution in [0.5, 0.6) is 11.5 Å². The summed E-state index contributed by atoms with van der Waals surface area (Å²) < 4.78 is 11.1. The summed E-state index contributed by atoms with van der Waals surface area (Å²) in [6, 6.07) is 6.42. The minimum atomic E-state index is 0.0475. The minimum Gasteiger partial charge on any atom is -0.486 e. The van der Waals surface area contributed by atoms with Gasteiger partial charge in [0.1, 0.15) is 13.2 Å². The minimum absolute atomic E-state index is 0.0475. The maximum absolute atomic E-state index is 9.18. The molecule has 3 heteroatoms. The smallest absolute Gasteiger partial charge is 0.161 e. The molecule has 0 spiro atoms. The molecule has 0 fully saturated rings. The van der Waals surface area contributed by atoms with Crippen molar-refractivity contribution < 1.29 is 9.47 Å². The molecule has 0 N–H and O–H groups in total. The Hall–Kier alpha value is -1.69. The van der Waals surface area contributed by atoms with E-state index in [0.717, 1.165) is 17.9 Å². The van der Waals surface area contributed by atoms with Crippen LogP contribution in [0.3, 0.4) is 0 Å². The SMILES string of the molecule is Cc1cc2c(cc1CC(C#N)C(C)C)OCCO2. The first-order chi connectivity index (χ1) is 8.61. The van der Waals surface area contributed by atoms with Crippen LogP contribution >= 0.6 is 0 Å². The summed E-state index contributed by atoms with van der Waals surface area (Å²) in [4.78, 5) is 0. The molecule has 0 bridgehead atoms. The summed E-state index contributed by atoms with van der Waals surface area (Å²) >= 11 is 0. The van der Waals surface area contributed by atoms with Crippen LogP contribution in [-0.2, 0) is 6.42 Å². The van der Waals surface area contributed by atoms with Crippen LogP contribution < -0.4 is 9.47 Å². The first-order valence-corrected chi connectivity index (χ1v) is 6.40. The second kappa shape index (κ2) is 5.30. The van der Waals surface area contributed by atoms with Crippen LogP contribution in [-0.4, -0.2) is 13.2 Å². The Morgan fingerprint density at radius 3 is 2.39 bits per heavy atom. The molecule has 1 aromatic carbocycles. The lowest BCUT2D eigenvalue weighted by Gasteiger charge is -2.21. The molecule has 1 aromatic rings. The summed E-state index contributed by atoms with van der Waals surface area (Å²) in [5.41, 5.74) is 2.35. The third-order valence-electron chi connectivity index (χ3n) is 3.41. The third kappa shape index (κ3) is 2.59. The molecule has 1 atom stereocenters. The lowest BCUT2D eigenvalue weighted by molar-refractivity contribution is 0.171. The molecule has 1 heterocycles. The summed E-state index contributed by atoms with van der Waals surface area (Å²) in [5, 5.41) is 9.18. The quantitative estimate of drug-likeness (QED) is 0.821. The molecule has 0 aromatic heterocycles. The van der Waals surface area contributed by atoms with Crippen molar-refractivity contribution >= 4 is 0 Å². The summed E-state index contributed by atoms with van der Waals surface area (Å²) in [5.74, 6) is 2.04. The predicted molar refractivity (Wildman–Crippen MR) is 69.8 cm³/mol. The molecule has 3 nitrogen and oxygen atoms in total. The molecule has 0 saturated heterocycles. The Kier molecular flexibility index (Phi) is 3.76. The van der Waals surface area contributed by atoms with Gasteiger partial charge in [0, 0.05) is 0 Å². The standard InChI is InChI=1S/C15H19NO2/c1-10(2)13(9-16)7-12-8-15-14(6-11(12)3)17-4-5-18-15/h6,8,10,13H,4-5,7H2,1-3H3. The summed E-state index contributed by atoms with van der Waals surface area (Å²) in [6.07, 6.45) is 0.774. The van der Waals surface area contributed by atoms with E-state index in [1.54, 1.807) is 0 Å². The fraction of sp³-hybridized carbons (Fsp3) is 0.533. The van der Waals surface area contributed by atoms with Crippen LogP contribution in [0.1, 0.15) is 25.0 Å². The van der Waals surface area contributed by atoms with E-state index in [2.05, 4.69) is 26.8 Å².